The number of amides is 1. The fourth-order valence-corrected chi connectivity index (χ4v) is 3.67. The zero-order valence-electron chi connectivity index (χ0n) is 18.2. The Labute approximate surface area is 196 Å². The summed E-state index contributed by atoms with van der Waals surface area (Å²) in [5, 5.41) is 27.8. The van der Waals surface area contributed by atoms with E-state index in [1.54, 1.807) is 43.3 Å². The number of hydrazone groups is 1. The van der Waals surface area contributed by atoms with Gasteiger partial charge in [-0.15, -0.1) is 15.3 Å². The summed E-state index contributed by atoms with van der Waals surface area (Å²) >= 11 is 1.31. The number of ether oxygens (including phenoxy) is 2. The second-order valence-electron chi connectivity index (χ2n) is 6.59. The number of carbonyl (C=O) groups excluding carboxylic acids is 1. The maximum Gasteiger partial charge on any atom is 0.293 e. The molecule has 0 unspecified atom stereocenters. The Balaban J connectivity index is 1.57. The number of methoxy groups -OCH3 is 2. The molecule has 1 aromatic carbocycles. The molecule has 0 aliphatic rings. The molecule has 0 saturated heterocycles. The molecular weight excluding hydrogens is 466 g/mol. The van der Waals surface area contributed by atoms with Crippen molar-refractivity contribution in [2.75, 3.05) is 20.0 Å². The molecule has 0 atom stereocenters. The Morgan fingerprint density at radius 2 is 2.15 bits per heavy atom. The lowest BCUT2D eigenvalue weighted by molar-refractivity contribution is 0.0949. The molecule has 34 heavy (non-hydrogen) atoms. The third-order valence-electron chi connectivity index (χ3n) is 4.49. The summed E-state index contributed by atoms with van der Waals surface area (Å²) in [6.45, 7) is 0. The van der Waals surface area contributed by atoms with Crippen LogP contribution < -0.4 is 20.6 Å². The highest BCUT2D eigenvalue weighted by atomic mass is 32.2. The van der Waals surface area contributed by atoms with Crippen LogP contribution in [0.25, 0.3) is 5.82 Å². The van der Waals surface area contributed by atoms with Gasteiger partial charge in [-0.2, -0.15) is 9.78 Å². The van der Waals surface area contributed by atoms with Gasteiger partial charge < -0.3 is 19.8 Å². The van der Waals surface area contributed by atoms with Crippen LogP contribution in [-0.2, 0) is 12.8 Å². The van der Waals surface area contributed by atoms with E-state index in [4.69, 9.17) is 15.2 Å². The van der Waals surface area contributed by atoms with E-state index < -0.39 is 5.91 Å². The predicted molar refractivity (Wildman–Crippen MR) is 119 cm³/mol. The van der Waals surface area contributed by atoms with Crippen LogP contribution in [0.15, 0.2) is 39.4 Å². The highest BCUT2D eigenvalue weighted by molar-refractivity contribution is 7.98. The number of anilines is 1. The number of nitrogen functional groups attached to an aromatic ring is 1. The highest BCUT2D eigenvalue weighted by Crippen LogP contribution is 2.25. The average molecular weight is 485 g/mol. The monoisotopic (exact) mass is 485 g/mol. The topological polar surface area (TPSA) is 186 Å². The van der Waals surface area contributed by atoms with E-state index in [2.05, 4.69) is 46.0 Å². The van der Waals surface area contributed by atoms with Crippen LogP contribution in [0, 0.1) is 0 Å². The summed E-state index contributed by atoms with van der Waals surface area (Å²) in [5.41, 5.74) is 9.26. The number of benzene rings is 1. The number of nitrogens with two attached hydrogens (primary N) is 1. The normalized spacial score (nSPS) is 11.1. The highest BCUT2D eigenvalue weighted by Gasteiger charge is 2.24. The first-order chi connectivity index (χ1) is 16.5. The van der Waals surface area contributed by atoms with Crippen molar-refractivity contribution < 1.29 is 18.9 Å². The molecule has 3 N–H and O–H groups in total. The summed E-state index contributed by atoms with van der Waals surface area (Å²) in [6, 6.07) is 5.19. The smallest absolute Gasteiger partial charge is 0.293 e. The maximum atomic E-state index is 12.9. The van der Waals surface area contributed by atoms with Crippen molar-refractivity contribution in [2.24, 2.45) is 12.1 Å². The summed E-state index contributed by atoms with van der Waals surface area (Å²) in [6.07, 6.45) is 3.00. The number of nitrogens with one attached hydrogen (secondary N) is 1. The SMILES string of the molecule is COc1ccc(/C=N\NC(=O)c2nnn(-c3nonc3N)c2CSc2nncn2C)c(OC)c1. The molecular formula is C18H19N11O4S. The van der Waals surface area contributed by atoms with Crippen LogP contribution in [0.1, 0.15) is 21.7 Å². The zero-order chi connectivity index (χ0) is 24.1. The second-order valence-corrected chi connectivity index (χ2v) is 7.53. The van der Waals surface area contributed by atoms with Gasteiger partial charge in [0.1, 0.15) is 17.8 Å². The molecule has 0 aliphatic carbocycles. The number of thioether (sulfide) groups is 1. The number of carbonyl (C=O) groups is 1. The van der Waals surface area contributed by atoms with E-state index in [-0.39, 0.29) is 23.1 Å². The van der Waals surface area contributed by atoms with Gasteiger partial charge in [0.15, 0.2) is 10.9 Å². The summed E-state index contributed by atoms with van der Waals surface area (Å²) in [4.78, 5) is 12.9. The third kappa shape index (κ3) is 4.65. The molecule has 0 bridgehead atoms. The molecule has 4 aromatic rings. The number of aromatic nitrogens is 8. The van der Waals surface area contributed by atoms with Crippen LogP contribution in [0.2, 0.25) is 0 Å². The number of aryl methyl sites for hydroxylation is 1. The van der Waals surface area contributed by atoms with E-state index >= 15 is 0 Å². The minimum absolute atomic E-state index is 0.00797. The predicted octanol–water partition coefficient (Wildman–Crippen LogP) is 0.434. The first-order valence-electron chi connectivity index (χ1n) is 9.57. The van der Waals surface area contributed by atoms with Gasteiger partial charge in [0.25, 0.3) is 5.91 Å². The fourth-order valence-electron chi connectivity index (χ4n) is 2.79. The first kappa shape index (κ1) is 22.7. The van der Waals surface area contributed by atoms with Crippen LogP contribution in [0.3, 0.4) is 0 Å². The molecule has 15 nitrogen and oxygen atoms in total. The van der Waals surface area contributed by atoms with Crippen LogP contribution >= 0.6 is 11.8 Å². The number of hydrogen-bond acceptors (Lipinski definition) is 13. The molecule has 176 valence electrons. The van der Waals surface area contributed by atoms with E-state index in [1.165, 1.54) is 29.8 Å². The van der Waals surface area contributed by atoms with Gasteiger partial charge in [0, 0.05) is 24.4 Å². The maximum absolute atomic E-state index is 12.9. The molecule has 16 heteroatoms. The van der Waals surface area contributed by atoms with Crippen molar-refractivity contribution >= 4 is 29.7 Å². The molecule has 3 aromatic heterocycles. The number of nitrogens with zero attached hydrogens (tertiary/aromatic N) is 9. The van der Waals surface area contributed by atoms with Gasteiger partial charge in [-0.3, -0.25) is 4.79 Å². The minimum atomic E-state index is -0.599. The van der Waals surface area contributed by atoms with Gasteiger partial charge in [0.05, 0.1) is 26.1 Å². The van der Waals surface area contributed by atoms with Gasteiger partial charge in [0.2, 0.25) is 11.6 Å². The number of rotatable bonds is 9. The summed E-state index contributed by atoms with van der Waals surface area (Å²) in [5.74, 6) is 0.890. The van der Waals surface area contributed by atoms with Crippen LogP contribution in [-0.4, -0.2) is 66.4 Å². The Morgan fingerprint density at radius 3 is 2.82 bits per heavy atom. The second kappa shape index (κ2) is 9.99. The van der Waals surface area contributed by atoms with Crippen LogP contribution in [0.4, 0.5) is 5.82 Å². The minimum Gasteiger partial charge on any atom is -0.497 e. The van der Waals surface area contributed by atoms with Crippen molar-refractivity contribution in [3.05, 3.63) is 41.5 Å². The average Bonchev–Trinajstić information content (AvgIpc) is 3.57. The molecule has 0 radical (unpaired) electrons. The number of hydrogen-bond donors (Lipinski definition) is 2. The Kier molecular flexibility index (Phi) is 6.67. The molecule has 0 aliphatic heterocycles. The lowest BCUT2D eigenvalue weighted by Gasteiger charge is -2.07. The first-order valence-corrected chi connectivity index (χ1v) is 10.6. The molecule has 1 amide bonds. The molecule has 3 heterocycles. The summed E-state index contributed by atoms with van der Waals surface area (Å²) in [7, 11) is 4.88. The Morgan fingerprint density at radius 1 is 1.29 bits per heavy atom. The molecule has 0 spiro atoms. The van der Waals surface area contributed by atoms with Gasteiger partial charge in [-0.05, 0) is 22.4 Å². The van der Waals surface area contributed by atoms with E-state index in [0.717, 1.165) is 0 Å². The van der Waals surface area contributed by atoms with Crippen molar-refractivity contribution in [1.29, 1.82) is 0 Å². The largest absolute Gasteiger partial charge is 0.497 e. The lowest BCUT2D eigenvalue weighted by atomic mass is 10.2. The Hall–Kier alpha value is -4.47. The van der Waals surface area contributed by atoms with Crippen LogP contribution in [0.5, 0.6) is 11.5 Å². The molecule has 0 saturated carbocycles. The van der Waals surface area contributed by atoms with Gasteiger partial charge >= 0.3 is 0 Å². The van der Waals surface area contributed by atoms with Crippen molar-refractivity contribution in [2.45, 2.75) is 10.9 Å². The van der Waals surface area contributed by atoms with Crippen molar-refractivity contribution in [3.63, 3.8) is 0 Å². The molecule has 0 fully saturated rings. The van der Waals surface area contributed by atoms with Crippen molar-refractivity contribution in [1.82, 2.24) is 45.5 Å². The standard InChI is InChI=1S/C18H19N11O4S/c1-28-9-21-24-18(28)34-8-12-14(22-27-29(12)16-15(19)25-33-26-16)17(30)23-20-7-10-4-5-11(31-2)6-13(10)32-3/h4-7,9H,8H2,1-3H3,(H2,19,25)(H,23,30)/b20-7-. The Bertz CT molecular complexity index is 1330. The zero-order valence-corrected chi connectivity index (χ0v) is 19.1. The van der Waals surface area contributed by atoms with E-state index in [9.17, 15) is 4.79 Å². The van der Waals surface area contributed by atoms with E-state index in [0.29, 0.717) is 27.9 Å². The quantitative estimate of drug-likeness (QED) is 0.189. The lowest BCUT2D eigenvalue weighted by Crippen LogP contribution is -2.20. The van der Waals surface area contributed by atoms with Crippen molar-refractivity contribution in [3.8, 4) is 17.3 Å². The molecule has 4 rings (SSSR count). The van der Waals surface area contributed by atoms with Gasteiger partial charge in [-0.25, -0.2) is 10.1 Å². The fraction of sp³-hybridized carbons (Fsp3) is 0.222. The van der Waals surface area contributed by atoms with Gasteiger partial charge in [-0.1, -0.05) is 17.0 Å². The summed E-state index contributed by atoms with van der Waals surface area (Å²) < 4.78 is 18.2. The van der Waals surface area contributed by atoms with E-state index in [1.807, 2.05) is 0 Å². The third-order valence-corrected chi connectivity index (χ3v) is 5.54.